The summed E-state index contributed by atoms with van der Waals surface area (Å²) in [5.74, 6) is 0. The quantitative estimate of drug-likeness (QED) is 0.663. The number of alkyl halides is 3. The Morgan fingerprint density at radius 1 is 1.05 bits per heavy atom. The summed E-state index contributed by atoms with van der Waals surface area (Å²) >= 11 is 6.68. The maximum atomic E-state index is 12.6. The van der Waals surface area contributed by atoms with Crippen LogP contribution >= 0.6 is 31.9 Å². The number of hydrogen-bond acceptors (Lipinski definition) is 2. The van der Waals surface area contributed by atoms with Gasteiger partial charge in [0.1, 0.15) is 6.07 Å². The van der Waals surface area contributed by atoms with Crippen LogP contribution in [0.4, 0.5) is 24.5 Å². The fourth-order valence-corrected chi connectivity index (χ4v) is 2.87. The Kier molecular flexibility index (Phi) is 4.59. The average molecular weight is 420 g/mol. The normalized spacial score (nSPS) is 11.0. The molecule has 2 nitrogen and oxygen atoms in total. The molecule has 0 saturated heterocycles. The third-order valence-electron chi connectivity index (χ3n) is 2.69. The predicted molar refractivity (Wildman–Crippen MR) is 81.3 cm³/mol. The molecule has 0 fully saturated rings. The lowest BCUT2D eigenvalue weighted by Gasteiger charge is -2.14. The summed E-state index contributed by atoms with van der Waals surface area (Å²) in [6.07, 6.45) is -4.47. The van der Waals surface area contributed by atoms with Crippen LogP contribution in [-0.4, -0.2) is 0 Å². The lowest BCUT2D eigenvalue weighted by atomic mass is 10.1. The standard InChI is InChI=1S/C14H7Br2F3N2/c15-10-2-1-3-11(16)13(10)21-12-5-4-9(14(17,18)19)6-8(12)7-20/h1-6,21H. The van der Waals surface area contributed by atoms with Crippen LogP contribution in [0.3, 0.4) is 0 Å². The third-order valence-corrected chi connectivity index (χ3v) is 4.01. The van der Waals surface area contributed by atoms with Crippen molar-refractivity contribution in [3.8, 4) is 6.07 Å². The van der Waals surface area contributed by atoms with Crippen LogP contribution in [0.1, 0.15) is 11.1 Å². The van der Waals surface area contributed by atoms with Crippen LogP contribution in [0.15, 0.2) is 45.3 Å². The number of benzene rings is 2. The van der Waals surface area contributed by atoms with E-state index in [-0.39, 0.29) is 5.56 Å². The number of hydrogen-bond donors (Lipinski definition) is 1. The number of anilines is 2. The topological polar surface area (TPSA) is 35.8 Å². The lowest BCUT2D eigenvalue weighted by molar-refractivity contribution is -0.137. The highest BCUT2D eigenvalue weighted by Crippen LogP contribution is 2.36. The molecule has 0 spiro atoms. The molecule has 0 aliphatic heterocycles. The molecule has 0 aliphatic rings. The molecule has 2 aromatic rings. The maximum Gasteiger partial charge on any atom is 0.416 e. The number of para-hydroxylation sites is 1. The van der Waals surface area contributed by atoms with E-state index in [1.54, 1.807) is 24.3 Å². The second-order valence-corrected chi connectivity index (χ2v) is 5.80. The van der Waals surface area contributed by atoms with Crippen molar-refractivity contribution in [2.24, 2.45) is 0 Å². The van der Waals surface area contributed by atoms with E-state index in [4.69, 9.17) is 5.26 Å². The van der Waals surface area contributed by atoms with E-state index in [0.29, 0.717) is 11.4 Å². The zero-order chi connectivity index (χ0) is 15.6. The highest BCUT2D eigenvalue weighted by Gasteiger charge is 2.31. The van der Waals surface area contributed by atoms with Crippen LogP contribution < -0.4 is 5.32 Å². The van der Waals surface area contributed by atoms with Gasteiger partial charge in [0, 0.05) is 8.95 Å². The van der Waals surface area contributed by atoms with Crippen molar-refractivity contribution < 1.29 is 13.2 Å². The molecule has 0 atom stereocenters. The van der Waals surface area contributed by atoms with Crippen LogP contribution in [0.25, 0.3) is 0 Å². The third kappa shape index (κ3) is 3.57. The van der Waals surface area contributed by atoms with Gasteiger partial charge in [-0.25, -0.2) is 0 Å². The van der Waals surface area contributed by atoms with Crippen molar-refractivity contribution in [3.05, 3.63) is 56.5 Å². The van der Waals surface area contributed by atoms with E-state index in [9.17, 15) is 13.2 Å². The highest BCUT2D eigenvalue weighted by atomic mass is 79.9. The first-order valence-electron chi connectivity index (χ1n) is 5.65. The molecule has 0 heterocycles. The maximum absolute atomic E-state index is 12.6. The van der Waals surface area contributed by atoms with Gasteiger partial charge in [-0.1, -0.05) is 6.07 Å². The Balaban J connectivity index is 2.44. The smallest absolute Gasteiger partial charge is 0.353 e. The van der Waals surface area contributed by atoms with Gasteiger partial charge in [-0.2, -0.15) is 18.4 Å². The van der Waals surface area contributed by atoms with Gasteiger partial charge in [-0.15, -0.1) is 0 Å². The first kappa shape index (κ1) is 15.9. The van der Waals surface area contributed by atoms with Crippen molar-refractivity contribution in [1.29, 1.82) is 5.26 Å². The minimum atomic E-state index is -4.47. The molecule has 0 amide bonds. The summed E-state index contributed by atoms with van der Waals surface area (Å²) in [5, 5.41) is 12.0. The fourth-order valence-electron chi connectivity index (χ4n) is 1.67. The second kappa shape index (κ2) is 6.08. The van der Waals surface area contributed by atoms with E-state index in [0.717, 1.165) is 21.1 Å². The number of nitrogens with one attached hydrogen (secondary N) is 1. The minimum absolute atomic E-state index is 0.0764. The van der Waals surface area contributed by atoms with Crippen molar-refractivity contribution in [1.82, 2.24) is 0 Å². The first-order valence-corrected chi connectivity index (χ1v) is 7.24. The number of halogens is 5. The summed E-state index contributed by atoms with van der Waals surface area (Å²) in [7, 11) is 0. The van der Waals surface area contributed by atoms with Crippen LogP contribution in [0, 0.1) is 11.3 Å². The van der Waals surface area contributed by atoms with Gasteiger partial charge in [0.25, 0.3) is 0 Å². The van der Waals surface area contributed by atoms with Gasteiger partial charge in [0.2, 0.25) is 0 Å². The molecule has 2 rings (SSSR count). The summed E-state index contributed by atoms with van der Waals surface area (Å²) in [6, 6.07) is 10.1. The molecule has 0 aliphatic carbocycles. The SMILES string of the molecule is N#Cc1cc(C(F)(F)F)ccc1Nc1c(Br)cccc1Br. The van der Waals surface area contributed by atoms with E-state index in [2.05, 4.69) is 37.2 Å². The molecule has 0 aromatic heterocycles. The van der Waals surface area contributed by atoms with Gasteiger partial charge in [0.15, 0.2) is 0 Å². The summed E-state index contributed by atoms with van der Waals surface area (Å²) in [6.45, 7) is 0. The summed E-state index contributed by atoms with van der Waals surface area (Å²) in [5.41, 5.74) is 0.00938. The van der Waals surface area contributed by atoms with E-state index >= 15 is 0 Å². The van der Waals surface area contributed by atoms with E-state index < -0.39 is 11.7 Å². The van der Waals surface area contributed by atoms with Crippen molar-refractivity contribution in [2.45, 2.75) is 6.18 Å². The lowest BCUT2D eigenvalue weighted by Crippen LogP contribution is -2.06. The molecular formula is C14H7Br2F3N2. The van der Waals surface area contributed by atoms with Crippen molar-refractivity contribution >= 4 is 43.2 Å². The van der Waals surface area contributed by atoms with E-state index in [1.165, 1.54) is 6.07 Å². The Bertz CT molecular complexity index is 701. The molecule has 0 unspecified atom stereocenters. The zero-order valence-corrected chi connectivity index (χ0v) is 13.5. The van der Waals surface area contributed by atoms with Gasteiger partial charge >= 0.3 is 6.18 Å². The van der Waals surface area contributed by atoms with Gasteiger partial charge in [-0.3, -0.25) is 0 Å². The molecule has 108 valence electrons. The molecule has 1 N–H and O–H groups in total. The molecule has 21 heavy (non-hydrogen) atoms. The molecule has 2 aromatic carbocycles. The number of rotatable bonds is 2. The van der Waals surface area contributed by atoms with Crippen LogP contribution in [0.5, 0.6) is 0 Å². The first-order chi connectivity index (χ1) is 9.82. The number of nitrogens with zero attached hydrogens (tertiary/aromatic N) is 1. The Morgan fingerprint density at radius 2 is 1.67 bits per heavy atom. The van der Waals surface area contributed by atoms with Crippen LogP contribution in [0.2, 0.25) is 0 Å². The van der Waals surface area contributed by atoms with Crippen molar-refractivity contribution in [2.75, 3.05) is 5.32 Å². The molecule has 7 heteroatoms. The monoisotopic (exact) mass is 418 g/mol. The second-order valence-electron chi connectivity index (χ2n) is 4.09. The Hall–Kier alpha value is -1.52. The molecule has 0 radical (unpaired) electrons. The zero-order valence-electron chi connectivity index (χ0n) is 10.3. The van der Waals surface area contributed by atoms with Gasteiger partial charge in [-0.05, 0) is 62.2 Å². The molecule has 0 saturated carbocycles. The van der Waals surface area contributed by atoms with Crippen LogP contribution in [-0.2, 0) is 6.18 Å². The minimum Gasteiger partial charge on any atom is -0.353 e. The van der Waals surface area contributed by atoms with Gasteiger partial charge in [0.05, 0.1) is 22.5 Å². The van der Waals surface area contributed by atoms with Crippen molar-refractivity contribution in [3.63, 3.8) is 0 Å². The average Bonchev–Trinajstić information content (AvgIpc) is 2.42. The van der Waals surface area contributed by atoms with E-state index in [1.807, 2.05) is 0 Å². The fraction of sp³-hybridized carbons (Fsp3) is 0.0714. The Labute approximate surface area is 135 Å². The highest BCUT2D eigenvalue weighted by molar-refractivity contribution is 9.11. The summed E-state index contributed by atoms with van der Waals surface area (Å²) < 4.78 is 39.4. The molecular weight excluding hydrogens is 413 g/mol. The largest absolute Gasteiger partial charge is 0.416 e. The molecule has 0 bridgehead atoms. The number of nitriles is 1. The summed E-state index contributed by atoms with van der Waals surface area (Å²) in [4.78, 5) is 0. The van der Waals surface area contributed by atoms with Gasteiger partial charge < -0.3 is 5.32 Å². The predicted octanol–water partition coefficient (Wildman–Crippen LogP) is 5.85. The Morgan fingerprint density at radius 3 is 2.19 bits per heavy atom.